The molecule has 0 heterocycles. The highest BCUT2D eigenvalue weighted by molar-refractivity contribution is 6.30. The number of benzene rings is 2. The molecule has 1 aliphatic rings. The second kappa shape index (κ2) is 11.1. The van der Waals surface area contributed by atoms with E-state index < -0.39 is 6.04 Å². The largest absolute Gasteiger partial charge is 0.465 e. The maximum atomic E-state index is 13.4. The van der Waals surface area contributed by atoms with Crippen molar-refractivity contribution in [1.82, 2.24) is 10.2 Å². The van der Waals surface area contributed by atoms with Crippen molar-refractivity contribution in [3.63, 3.8) is 0 Å². The zero-order valence-electron chi connectivity index (χ0n) is 17.4. The topological polar surface area (TPSA) is 58.6 Å². The highest BCUT2D eigenvalue weighted by Gasteiger charge is 2.31. The maximum Gasteiger partial charge on any atom is 0.320 e. The van der Waals surface area contributed by atoms with Gasteiger partial charge in [-0.3, -0.25) is 14.5 Å². The second-order valence-electron chi connectivity index (χ2n) is 7.64. The summed E-state index contributed by atoms with van der Waals surface area (Å²) in [6.45, 7) is 2.56. The van der Waals surface area contributed by atoms with Gasteiger partial charge in [0.2, 0.25) is 5.91 Å². The molecule has 2 aromatic rings. The minimum atomic E-state index is -0.618. The number of carbonyl (C=O) groups is 2. The summed E-state index contributed by atoms with van der Waals surface area (Å²) in [5, 5.41) is 3.80. The fraction of sp³-hybridized carbons (Fsp3) is 0.417. The molecular formula is C24H29ClN2O3. The summed E-state index contributed by atoms with van der Waals surface area (Å²) < 4.78 is 5.19. The molecular weight excluding hydrogens is 400 g/mol. The highest BCUT2D eigenvalue weighted by Crippen LogP contribution is 2.27. The number of carbonyl (C=O) groups excluding carboxylic acids is 2. The van der Waals surface area contributed by atoms with E-state index in [-0.39, 0.29) is 24.5 Å². The van der Waals surface area contributed by atoms with Gasteiger partial charge >= 0.3 is 5.97 Å². The third-order valence-electron chi connectivity index (χ3n) is 5.37. The van der Waals surface area contributed by atoms with Gasteiger partial charge in [-0.05, 0) is 43.0 Å². The van der Waals surface area contributed by atoms with Gasteiger partial charge in [0.25, 0.3) is 0 Å². The van der Waals surface area contributed by atoms with Gasteiger partial charge < -0.3 is 10.1 Å². The van der Waals surface area contributed by atoms with Crippen molar-refractivity contribution in [2.75, 3.05) is 13.2 Å². The zero-order valence-corrected chi connectivity index (χ0v) is 18.1. The number of nitrogens with zero attached hydrogens (tertiary/aromatic N) is 1. The Morgan fingerprint density at radius 2 is 1.77 bits per heavy atom. The van der Waals surface area contributed by atoms with Crippen molar-refractivity contribution < 1.29 is 14.3 Å². The van der Waals surface area contributed by atoms with E-state index in [9.17, 15) is 9.59 Å². The Morgan fingerprint density at radius 1 is 1.10 bits per heavy atom. The van der Waals surface area contributed by atoms with Gasteiger partial charge in [0, 0.05) is 17.6 Å². The Balaban J connectivity index is 1.91. The van der Waals surface area contributed by atoms with Crippen molar-refractivity contribution in [1.29, 1.82) is 0 Å². The quantitative estimate of drug-likeness (QED) is 0.597. The van der Waals surface area contributed by atoms with Crippen LogP contribution in [0, 0.1) is 0 Å². The number of amides is 1. The first-order valence-corrected chi connectivity index (χ1v) is 10.9. The fourth-order valence-electron chi connectivity index (χ4n) is 3.95. The molecule has 1 N–H and O–H groups in total. The van der Waals surface area contributed by atoms with Crippen LogP contribution in [0.4, 0.5) is 0 Å². The smallest absolute Gasteiger partial charge is 0.320 e. The Kier molecular flexibility index (Phi) is 8.29. The average Bonchev–Trinajstić information content (AvgIpc) is 3.23. The predicted molar refractivity (Wildman–Crippen MR) is 118 cm³/mol. The minimum Gasteiger partial charge on any atom is -0.465 e. The van der Waals surface area contributed by atoms with E-state index >= 15 is 0 Å². The number of hydrogen-bond donors (Lipinski definition) is 1. The lowest BCUT2D eigenvalue weighted by Crippen LogP contribution is -2.45. The Labute approximate surface area is 183 Å². The molecule has 1 saturated carbocycles. The van der Waals surface area contributed by atoms with Gasteiger partial charge in [-0.2, -0.15) is 0 Å². The first-order chi connectivity index (χ1) is 14.6. The molecule has 1 atom stereocenters. The van der Waals surface area contributed by atoms with Crippen molar-refractivity contribution in [3.8, 4) is 0 Å². The number of halogens is 1. The molecule has 1 aliphatic carbocycles. The molecule has 1 amide bonds. The van der Waals surface area contributed by atoms with E-state index in [0.717, 1.165) is 36.8 Å². The van der Waals surface area contributed by atoms with Crippen molar-refractivity contribution in [2.45, 2.75) is 51.2 Å². The molecule has 1 fully saturated rings. The number of ether oxygens (including phenoxy) is 1. The van der Waals surface area contributed by atoms with Gasteiger partial charge in [-0.1, -0.05) is 66.9 Å². The van der Waals surface area contributed by atoms with Gasteiger partial charge in [0.15, 0.2) is 0 Å². The number of hydrogen-bond acceptors (Lipinski definition) is 4. The molecule has 160 valence electrons. The van der Waals surface area contributed by atoms with Crippen LogP contribution in [0.5, 0.6) is 0 Å². The van der Waals surface area contributed by atoms with Crippen LogP contribution in [0.3, 0.4) is 0 Å². The molecule has 6 heteroatoms. The monoisotopic (exact) mass is 428 g/mol. The maximum absolute atomic E-state index is 13.4. The molecule has 30 heavy (non-hydrogen) atoms. The zero-order chi connectivity index (χ0) is 21.3. The van der Waals surface area contributed by atoms with Crippen LogP contribution in [0.1, 0.15) is 49.8 Å². The molecule has 0 bridgehead atoms. The van der Waals surface area contributed by atoms with Crippen LogP contribution in [0.15, 0.2) is 54.6 Å². The van der Waals surface area contributed by atoms with E-state index in [0.29, 0.717) is 18.2 Å². The number of nitrogens with one attached hydrogen (secondary N) is 1. The normalized spacial score (nSPS) is 15.2. The SMILES string of the molecule is CCOC(=O)CN(Cc1ccccc1)C(C(=O)NC1CCCC1)c1ccc(Cl)cc1. The predicted octanol–water partition coefficient (Wildman–Crippen LogP) is 4.51. The summed E-state index contributed by atoms with van der Waals surface area (Å²) >= 11 is 6.08. The molecule has 0 radical (unpaired) electrons. The van der Waals surface area contributed by atoms with Crippen LogP contribution in [0.25, 0.3) is 0 Å². The molecule has 0 spiro atoms. The molecule has 0 aliphatic heterocycles. The van der Waals surface area contributed by atoms with Crippen molar-refractivity contribution in [2.24, 2.45) is 0 Å². The van der Waals surface area contributed by atoms with Crippen LogP contribution >= 0.6 is 11.6 Å². The summed E-state index contributed by atoms with van der Waals surface area (Å²) in [5.74, 6) is -0.439. The van der Waals surface area contributed by atoms with Gasteiger partial charge in [-0.25, -0.2) is 0 Å². The van der Waals surface area contributed by atoms with Crippen LogP contribution in [-0.4, -0.2) is 36.0 Å². The van der Waals surface area contributed by atoms with Crippen LogP contribution in [-0.2, 0) is 20.9 Å². The Bertz CT molecular complexity index is 820. The molecule has 0 saturated heterocycles. The lowest BCUT2D eigenvalue weighted by Gasteiger charge is -2.31. The minimum absolute atomic E-state index is 0.0219. The average molecular weight is 429 g/mol. The summed E-state index contributed by atoms with van der Waals surface area (Å²) in [6.07, 6.45) is 4.26. The van der Waals surface area contributed by atoms with Crippen molar-refractivity contribution in [3.05, 3.63) is 70.7 Å². The third kappa shape index (κ3) is 6.31. The first kappa shape index (κ1) is 22.3. The number of rotatable bonds is 9. The van der Waals surface area contributed by atoms with E-state index in [1.165, 1.54) is 0 Å². The van der Waals surface area contributed by atoms with Crippen LogP contribution in [0.2, 0.25) is 5.02 Å². The van der Waals surface area contributed by atoms with Gasteiger partial charge in [0.1, 0.15) is 6.04 Å². The van der Waals surface area contributed by atoms with Crippen molar-refractivity contribution >= 4 is 23.5 Å². The number of esters is 1. The summed E-state index contributed by atoms with van der Waals surface area (Å²) in [7, 11) is 0. The van der Waals surface area contributed by atoms with E-state index in [1.807, 2.05) is 47.4 Å². The van der Waals surface area contributed by atoms with Gasteiger partial charge in [0.05, 0.1) is 13.2 Å². The van der Waals surface area contributed by atoms with Crippen LogP contribution < -0.4 is 5.32 Å². The fourth-order valence-corrected chi connectivity index (χ4v) is 4.08. The second-order valence-corrected chi connectivity index (χ2v) is 8.08. The lowest BCUT2D eigenvalue weighted by atomic mass is 10.0. The first-order valence-electron chi connectivity index (χ1n) is 10.6. The summed E-state index contributed by atoms with van der Waals surface area (Å²) in [6, 6.07) is 16.7. The van der Waals surface area contributed by atoms with E-state index in [2.05, 4.69) is 5.32 Å². The van der Waals surface area contributed by atoms with E-state index in [4.69, 9.17) is 16.3 Å². The third-order valence-corrected chi connectivity index (χ3v) is 5.62. The Morgan fingerprint density at radius 3 is 2.40 bits per heavy atom. The summed E-state index contributed by atoms with van der Waals surface area (Å²) in [5.41, 5.74) is 1.82. The highest BCUT2D eigenvalue weighted by atomic mass is 35.5. The summed E-state index contributed by atoms with van der Waals surface area (Å²) in [4.78, 5) is 27.7. The molecule has 1 unspecified atom stereocenters. The van der Waals surface area contributed by atoms with E-state index in [1.54, 1.807) is 19.1 Å². The lowest BCUT2D eigenvalue weighted by molar-refractivity contribution is -0.146. The molecule has 5 nitrogen and oxygen atoms in total. The molecule has 3 rings (SSSR count). The standard InChI is InChI=1S/C24H29ClN2O3/c1-2-30-22(28)17-27(16-18-8-4-3-5-9-18)23(19-12-14-20(25)15-13-19)24(29)26-21-10-6-7-11-21/h3-5,8-9,12-15,21,23H,2,6-7,10-11,16-17H2,1H3,(H,26,29). The molecule has 2 aromatic carbocycles. The Hall–Kier alpha value is -2.37. The molecule has 0 aromatic heterocycles. The van der Waals surface area contributed by atoms with Gasteiger partial charge in [-0.15, -0.1) is 0 Å².